The van der Waals surface area contributed by atoms with Gasteiger partial charge in [0.05, 0.1) is 7.11 Å². The molecular formula is C8H13NO. The number of hydrogen-bond acceptors (Lipinski definition) is 2. The molecule has 0 spiro atoms. The first-order valence-electron chi connectivity index (χ1n) is 3.08. The van der Waals surface area contributed by atoms with Crippen LogP contribution in [0.3, 0.4) is 0 Å². The first kappa shape index (κ1) is 8.95. The SMILES string of the molecule is C=C/C(C)=C\N=C(/C)OC. The van der Waals surface area contributed by atoms with Crippen LogP contribution in [-0.2, 0) is 4.74 Å². The Balaban J connectivity index is 4.03. The highest BCUT2D eigenvalue weighted by atomic mass is 16.5. The topological polar surface area (TPSA) is 21.6 Å². The van der Waals surface area contributed by atoms with Gasteiger partial charge in [0.1, 0.15) is 0 Å². The van der Waals surface area contributed by atoms with Gasteiger partial charge in [0.15, 0.2) is 5.90 Å². The summed E-state index contributed by atoms with van der Waals surface area (Å²) < 4.78 is 4.82. The zero-order valence-electron chi connectivity index (χ0n) is 6.72. The summed E-state index contributed by atoms with van der Waals surface area (Å²) in [5.74, 6) is 0.654. The van der Waals surface area contributed by atoms with E-state index in [0.29, 0.717) is 5.90 Å². The lowest BCUT2D eigenvalue weighted by Gasteiger charge is -1.93. The summed E-state index contributed by atoms with van der Waals surface area (Å²) in [5, 5.41) is 0. The number of methoxy groups -OCH3 is 1. The second-order valence-electron chi connectivity index (χ2n) is 1.93. The molecule has 10 heavy (non-hydrogen) atoms. The third kappa shape index (κ3) is 3.89. The molecule has 2 heteroatoms. The summed E-state index contributed by atoms with van der Waals surface area (Å²) in [6.45, 7) is 7.31. The third-order valence-corrected chi connectivity index (χ3v) is 1.07. The van der Waals surface area contributed by atoms with E-state index in [1.54, 1.807) is 26.3 Å². The molecule has 0 saturated carbocycles. The minimum Gasteiger partial charge on any atom is -0.484 e. The summed E-state index contributed by atoms with van der Waals surface area (Å²) in [7, 11) is 1.59. The number of allylic oxidation sites excluding steroid dienone is 2. The number of rotatable bonds is 2. The van der Waals surface area contributed by atoms with Gasteiger partial charge in [-0.25, -0.2) is 4.99 Å². The van der Waals surface area contributed by atoms with Gasteiger partial charge in [-0.3, -0.25) is 0 Å². The molecule has 0 heterocycles. The molecule has 0 aromatic carbocycles. The highest BCUT2D eigenvalue weighted by Crippen LogP contribution is 1.93. The molecule has 0 aliphatic heterocycles. The van der Waals surface area contributed by atoms with Crippen molar-refractivity contribution in [1.29, 1.82) is 0 Å². The van der Waals surface area contributed by atoms with Crippen molar-refractivity contribution < 1.29 is 4.74 Å². The molecule has 0 fully saturated rings. The average Bonchev–Trinajstić information content (AvgIpc) is 1.99. The van der Waals surface area contributed by atoms with E-state index in [-0.39, 0.29) is 0 Å². The molecule has 0 amide bonds. The van der Waals surface area contributed by atoms with Crippen molar-refractivity contribution in [3.05, 3.63) is 24.4 Å². The number of nitrogens with zero attached hydrogens (tertiary/aromatic N) is 1. The van der Waals surface area contributed by atoms with Crippen molar-refractivity contribution in [1.82, 2.24) is 0 Å². The Hall–Kier alpha value is -1.05. The standard InChI is InChI=1S/C8H13NO/c1-5-7(2)6-9-8(3)10-4/h5-6H,1H2,2-4H3/b7-6-,9-8+. The number of ether oxygens (including phenoxy) is 1. The van der Waals surface area contributed by atoms with Crippen molar-refractivity contribution in [3.8, 4) is 0 Å². The fraction of sp³-hybridized carbons (Fsp3) is 0.375. The highest BCUT2D eigenvalue weighted by Gasteiger charge is 1.81. The van der Waals surface area contributed by atoms with Gasteiger partial charge in [0.2, 0.25) is 0 Å². The summed E-state index contributed by atoms with van der Waals surface area (Å²) in [4.78, 5) is 3.97. The van der Waals surface area contributed by atoms with Gasteiger partial charge in [-0.2, -0.15) is 0 Å². The number of aliphatic imine (C=N–C) groups is 1. The van der Waals surface area contributed by atoms with Crippen LogP contribution in [0.25, 0.3) is 0 Å². The van der Waals surface area contributed by atoms with E-state index in [9.17, 15) is 0 Å². The van der Waals surface area contributed by atoms with Crippen LogP contribution >= 0.6 is 0 Å². The summed E-state index contributed by atoms with van der Waals surface area (Å²) in [6, 6.07) is 0. The van der Waals surface area contributed by atoms with Crippen molar-refractivity contribution in [2.45, 2.75) is 13.8 Å². The van der Waals surface area contributed by atoms with Crippen LogP contribution in [0, 0.1) is 0 Å². The molecule has 0 aliphatic carbocycles. The lowest BCUT2D eigenvalue weighted by Crippen LogP contribution is -1.91. The van der Waals surface area contributed by atoms with Gasteiger partial charge in [-0.05, 0) is 12.5 Å². The molecule has 0 saturated heterocycles. The molecular weight excluding hydrogens is 126 g/mol. The van der Waals surface area contributed by atoms with Crippen LogP contribution in [0.15, 0.2) is 29.4 Å². The second-order valence-corrected chi connectivity index (χ2v) is 1.93. The fourth-order valence-corrected chi connectivity index (χ4v) is 0.298. The minimum absolute atomic E-state index is 0.654. The van der Waals surface area contributed by atoms with E-state index < -0.39 is 0 Å². The van der Waals surface area contributed by atoms with Crippen LogP contribution in [0.2, 0.25) is 0 Å². The average molecular weight is 139 g/mol. The van der Waals surface area contributed by atoms with E-state index in [4.69, 9.17) is 4.74 Å². The molecule has 0 unspecified atom stereocenters. The first-order valence-corrected chi connectivity index (χ1v) is 3.08. The van der Waals surface area contributed by atoms with E-state index in [0.717, 1.165) is 5.57 Å². The molecule has 0 aromatic heterocycles. The Bertz CT molecular complexity index is 168. The van der Waals surface area contributed by atoms with Crippen LogP contribution in [-0.4, -0.2) is 13.0 Å². The Kier molecular flexibility index (Phi) is 4.29. The van der Waals surface area contributed by atoms with Gasteiger partial charge in [-0.15, -0.1) is 0 Å². The van der Waals surface area contributed by atoms with Gasteiger partial charge in [-0.1, -0.05) is 12.7 Å². The van der Waals surface area contributed by atoms with Crippen molar-refractivity contribution >= 4 is 5.90 Å². The Morgan fingerprint density at radius 3 is 2.50 bits per heavy atom. The van der Waals surface area contributed by atoms with Crippen LogP contribution in [0.5, 0.6) is 0 Å². The minimum atomic E-state index is 0.654. The van der Waals surface area contributed by atoms with Crippen molar-refractivity contribution in [2.75, 3.05) is 7.11 Å². The van der Waals surface area contributed by atoms with E-state index >= 15 is 0 Å². The quantitative estimate of drug-likeness (QED) is 0.326. The molecule has 0 bridgehead atoms. The summed E-state index contributed by atoms with van der Waals surface area (Å²) in [5.41, 5.74) is 1.02. The summed E-state index contributed by atoms with van der Waals surface area (Å²) >= 11 is 0. The monoisotopic (exact) mass is 139 g/mol. The van der Waals surface area contributed by atoms with E-state index in [1.165, 1.54) is 0 Å². The molecule has 0 N–H and O–H groups in total. The zero-order valence-corrected chi connectivity index (χ0v) is 6.72. The smallest absolute Gasteiger partial charge is 0.184 e. The summed E-state index contributed by atoms with van der Waals surface area (Å²) in [6.07, 6.45) is 3.46. The third-order valence-electron chi connectivity index (χ3n) is 1.07. The predicted molar refractivity (Wildman–Crippen MR) is 44.1 cm³/mol. The molecule has 2 nitrogen and oxygen atoms in total. The molecule has 0 aliphatic rings. The highest BCUT2D eigenvalue weighted by molar-refractivity contribution is 5.73. The van der Waals surface area contributed by atoms with Crippen LogP contribution in [0.4, 0.5) is 0 Å². The van der Waals surface area contributed by atoms with Crippen LogP contribution < -0.4 is 0 Å². The molecule has 0 radical (unpaired) electrons. The largest absolute Gasteiger partial charge is 0.484 e. The number of hydrogen-bond donors (Lipinski definition) is 0. The van der Waals surface area contributed by atoms with Gasteiger partial charge in [0, 0.05) is 13.1 Å². The predicted octanol–water partition coefficient (Wildman–Crippen LogP) is 2.14. The second kappa shape index (κ2) is 4.79. The molecule has 56 valence electrons. The maximum Gasteiger partial charge on any atom is 0.184 e. The van der Waals surface area contributed by atoms with Gasteiger partial charge >= 0.3 is 0 Å². The Morgan fingerprint density at radius 1 is 1.50 bits per heavy atom. The van der Waals surface area contributed by atoms with E-state index in [1.807, 2.05) is 6.92 Å². The zero-order chi connectivity index (χ0) is 7.98. The normalized spacial score (nSPS) is 13.1. The maximum atomic E-state index is 4.82. The first-order chi connectivity index (χ1) is 4.70. The van der Waals surface area contributed by atoms with Crippen molar-refractivity contribution in [2.24, 2.45) is 4.99 Å². The van der Waals surface area contributed by atoms with Gasteiger partial charge < -0.3 is 4.74 Å². The molecule has 0 atom stereocenters. The van der Waals surface area contributed by atoms with Crippen LogP contribution in [0.1, 0.15) is 13.8 Å². The van der Waals surface area contributed by atoms with Crippen molar-refractivity contribution in [3.63, 3.8) is 0 Å². The lowest BCUT2D eigenvalue weighted by atomic mass is 10.3. The Labute approximate surface area is 61.9 Å². The maximum absolute atomic E-state index is 4.82. The van der Waals surface area contributed by atoms with Gasteiger partial charge in [0.25, 0.3) is 0 Å². The Morgan fingerprint density at radius 2 is 2.10 bits per heavy atom. The van der Waals surface area contributed by atoms with E-state index in [2.05, 4.69) is 11.6 Å². The lowest BCUT2D eigenvalue weighted by molar-refractivity contribution is 0.400. The molecule has 0 rings (SSSR count). The fourth-order valence-electron chi connectivity index (χ4n) is 0.298. The molecule has 0 aromatic rings.